The second kappa shape index (κ2) is 5.84. The highest BCUT2D eigenvalue weighted by molar-refractivity contribution is 5.80. The van der Waals surface area contributed by atoms with Gasteiger partial charge in [-0.05, 0) is 19.4 Å². The van der Waals surface area contributed by atoms with Crippen LogP contribution in [0.15, 0.2) is 0 Å². The van der Waals surface area contributed by atoms with Gasteiger partial charge in [0.2, 0.25) is 0 Å². The molecule has 0 spiro atoms. The summed E-state index contributed by atoms with van der Waals surface area (Å²) in [4.78, 5) is 23.6. The maximum Gasteiger partial charge on any atom is 0.321 e. The average molecular weight is 229 g/mol. The van der Waals surface area contributed by atoms with Gasteiger partial charge in [0.25, 0.3) is 0 Å². The summed E-state index contributed by atoms with van der Waals surface area (Å²) in [5.74, 6) is -2.08. The molecule has 16 heavy (non-hydrogen) atoms. The summed E-state index contributed by atoms with van der Waals surface area (Å²) in [6.07, 6.45) is 3.87. The van der Waals surface area contributed by atoms with Gasteiger partial charge in [-0.15, -0.1) is 0 Å². The number of aliphatic carboxylic acids is 2. The largest absolute Gasteiger partial charge is 0.481 e. The van der Waals surface area contributed by atoms with E-state index in [1.165, 1.54) is 0 Å². The fourth-order valence-electron chi connectivity index (χ4n) is 2.48. The lowest BCUT2D eigenvalue weighted by Crippen LogP contribution is -2.47. The normalized spacial score (nSPS) is 18.9. The fourth-order valence-corrected chi connectivity index (χ4v) is 2.48. The van der Waals surface area contributed by atoms with Crippen molar-refractivity contribution in [2.45, 2.75) is 51.1 Å². The fraction of sp³-hybridized carbons (Fsp3) is 0.818. The first-order valence-corrected chi connectivity index (χ1v) is 5.76. The zero-order valence-electron chi connectivity index (χ0n) is 9.56. The number of rotatable bonds is 6. The zero-order valence-corrected chi connectivity index (χ0v) is 9.56. The number of likely N-dealkylation sites (N-methyl/N-ethyl adjacent to an activating group) is 1. The number of hydrogen-bond donors (Lipinski definition) is 2. The molecule has 0 aromatic heterocycles. The van der Waals surface area contributed by atoms with Crippen molar-refractivity contribution in [2.75, 3.05) is 6.54 Å². The molecule has 0 heterocycles. The lowest BCUT2D eigenvalue weighted by molar-refractivity contribution is -0.150. The van der Waals surface area contributed by atoms with Crippen molar-refractivity contribution in [3.05, 3.63) is 0 Å². The second-order valence-corrected chi connectivity index (χ2v) is 4.22. The number of carbonyl (C=O) groups is 2. The molecule has 5 nitrogen and oxygen atoms in total. The van der Waals surface area contributed by atoms with Gasteiger partial charge in [0.15, 0.2) is 0 Å². The van der Waals surface area contributed by atoms with E-state index in [-0.39, 0.29) is 12.5 Å². The van der Waals surface area contributed by atoms with Crippen LogP contribution in [0.2, 0.25) is 0 Å². The molecule has 0 amide bonds. The molecular formula is C11H19NO4. The van der Waals surface area contributed by atoms with Crippen molar-refractivity contribution in [3.8, 4) is 0 Å². The van der Waals surface area contributed by atoms with Crippen LogP contribution in [0.4, 0.5) is 0 Å². The number of hydrogen-bond acceptors (Lipinski definition) is 3. The summed E-state index contributed by atoms with van der Waals surface area (Å²) in [6.45, 7) is 2.48. The highest BCUT2D eigenvalue weighted by Gasteiger charge is 2.33. The Balaban J connectivity index is 2.71. The number of carboxylic acid groups (broad SMARTS) is 2. The summed E-state index contributed by atoms with van der Waals surface area (Å²) in [6, 6.07) is -0.643. The van der Waals surface area contributed by atoms with E-state index in [2.05, 4.69) is 0 Å². The minimum absolute atomic E-state index is 0.241. The first-order chi connectivity index (χ1) is 7.56. The molecule has 0 unspecified atom stereocenters. The molecule has 0 bridgehead atoms. The van der Waals surface area contributed by atoms with Crippen LogP contribution in [0.3, 0.4) is 0 Å². The first kappa shape index (κ1) is 13.0. The van der Waals surface area contributed by atoms with Gasteiger partial charge in [0.05, 0.1) is 6.42 Å². The topological polar surface area (TPSA) is 77.8 Å². The Bertz CT molecular complexity index is 261. The van der Waals surface area contributed by atoms with Crippen LogP contribution < -0.4 is 0 Å². The van der Waals surface area contributed by atoms with E-state index < -0.39 is 18.0 Å². The molecule has 1 saturated carbocycles. The standard InChI is InChI=1S/C11H19NO4/c1-2-12(8-5-3-4-6-8)9(11(15)16)7-10(13)14/h8-9H,2-7H2,1H3,(H,13,14)(H,15,16)/t9-/m0/s1. The third kappa shape index (κ3) is 3.20. The molecule has 2 N–H and O–H groups in total. The molecule has 0 radical (unpaired) electrons. The van der Waals surface area contributed by atoms with Crippen LogP contribution >= 0.6 is 0 Å². The quantitative estimate of drug-likeness (QED) is 0.715. The maximum absolute atomic E-state index is 11.1. The van der Waals surface area contributed by atoms with Crippen LogP contribution in [-0.2, 0) is 9.59 Å². The molecule has 0 aromatic carbocycles. The van der Waals surface area contributed by atoms with Gasteiger partial charge in [-0.3, -0.25) is 14.5 Å². The van der Waals surface area contributed by atoms with Gasteiger partial charge in [-0.2, -0.15) is 0 Å². The van der Waals surface area contributed by atoms with Crippen molar-refractivity contribution < 1.29 is 19.8 Å². The van der Waals surface area contributed by atoms with E-state index in [0.29, 0.717) is 6.54 Å². The van der Waals surface area contributed by atoms with Crippen LogP contribution in [-0.4, -0.2) is 45.7 Å². The molecule has 0 aliphatic heterocycles. The second-order valence-electron chi connectivity index (χ2n) is 4.22. The summed E-state index contributed by atoms with van der Waals surface area (Å²) in [7, 11) is 0. The third-order valence-electron chi connectivity index (χ3n) is 3.21. The molecular weight excluding hydrogens is 210 g/mol. The van der Waals surface area contributed by atoms with Gasteiger partial charge in [-0.1, -0.05) is 19.8 Å². The maximum atomic E-state index is 11.1. The van der Waals surface area contributed by atoms with Crippen LogP contribution in [0.5, 0.6) is 0 Å². The van der Waals surface area contributed by atoms with Gasteiger partial charge in [0.1, 0.15) is 6.04 Å². The Hall–Kier alpha value is -1.10. The Kier molecular flexibility index (Phi) is 4.73. The summed E-state index contributed by atoms with van der Waals surface area (Å²) < 4.78 is 0. The van der Waals surface area contributed by atoms with E-state index in [1.807, 2.05) is 11.8 Å². The Morgan fingerprint density at radius 2 is 1.88 bits per heavy atom. The minimum atomic E-state index is -1.05. The molecule has 1 fully saturated rings. The Morgan fingerprint density at radius 3 is 2.25 bits per heavy atom. The Morgan fingerprint density at radius 1 is 1.31 bits per heavy atom. The highest BCUT2D eigenvalue weighted by Crippen LogP contribution is 2.25. The third-order valence-corrected chi connectivity index (χ3v) is 3.21. The van der Waals surface area contributed by atoms with E-state index >= 15 is 0 Å². The van der Waals surface area contributed by atoms with Crippen molar-refractivity contribution >= 4 is 11.9 Å². The Labute approximate surface area is 95.1 Å². The predicted molar refractivity (Wildman–Crippen MR) is 58.3 cm³/mol. The SMILES string of the molecule is CCN(C1CCCC1)[C@@H](CC(=O)O)C(=O)O. The summed E-state index contributed by atoms with van der Waals surface area (Å²) in [5, 5.41) is 17.8. The molecule has 5 heteroatoms. The van der Waals surface area contributed by atoms with E-state index in [4.69, 9.17) is 10.2 Å². The van der Waals surface area contributed by atoms with Crippen LogP contribution in [0.25, 0.3) is 0 Å². The van der Waals surface area contributed by atoms with Crippen molar-refractivity contribution in [1.29, 1.82) is 0 Å². The molecule has 0 aromatic rings. The van der Waals surface area contributed by atoms with E-state index in [0.717, 1.165) is 25.7 Å². The van der Waals surface area contributed by atoms with Gasteiger partial charge in [-0.25, -0.2) is 0 Å². The molecule has 1 aliphatic rings. The monoisotopic (exact) mass is 229 g/mol. The lowest BCUT2D eigenvalue weighted by Gasteiger charge is -2.32. The molecule has 1 aliphatic carbocycles. The minimum Gasteiger partial charge on any atom is -0.481 e. The molecule has 0 saturated heterocycles. The van der Waals surface area contributed by atoms with Gasteiger partial charge < -0.3 is 10.2 Å². The summed E-state index contributed by atoms with van der Waals surface area (Å²) >= 11 is 0. The van der Waals surface area contributed by atoms with Crippen molar-refractivity contribution in [2.24, 2.45) is 0 Å². The number of nitrogens with zero attached hydrogens (tertiary/aromatic N) is 1. The van der Waals surface area contributed by atoms with E-state index in [9.17, 15) is 9.59 Å². The summed E-state index contributed by atoms with van der Waals surface area (Å²) in [5.41, 5.74) is 0. The van der Waals surface area contributed by atoms with Crippen molar-refractivity contribution in [3.63, 3.8) is 0 Å². The lowest BCUT2D eigenvalue weighted by atomic mass is 10.1. The zero-order chi connectivity index (χ0) is 12.1. The van der Waals surface area contributed by atoms with Gasteiger partial charge >= 0.3 is 11.9 Å². The van der Waals surface area contributed by atoms with Crippen molar-refractivity contribution in [1.82, 2.24) is 4.90 Å². The molecule has 92 valence electrons. The van der Waals surface area contributed by atoms with E-state index in [1.54, 1.807) is 0 Å². The first-order valence-electron chi connectivity index (χ1n) is 5.76. The van der Waals surface area contributed by atoms with Gasteiger partial charge in [0, 0.05) is 6.04 Å². The average Bonchev–Trinajstić information content (AvgIpc) is 2.70. The molecule has 1 rings (SSSR count). The highest BCUT2D eigenvalue weighted by atomic mass is 16.4. The number of carboxylic acids is 2. The predicted octanol–water partition coefficient (Wildman–Crippen LogP) is 1.18. The van der Waals surface area contributed by atoms with Crippen LogP contribution in [0.1, 0.15) is 39.0 Å². The molecule has 1 atom stereocenters. The smallest absolute Gasteiger partial charge is 0.321 e. The van der Waals surface area contributed by atoms with Crippen LogP contribution in [0, 0.1) is 0 Å².